The third kappa shape index (κ3) is 3.72. The molecular formula is C6H4ClFO4. The normalized spacial score (nSPS) is 12.8. The minimum Gasteiger partial charge on any atom is -0.477 e. The highest BCUT2D eigenvalue weighted by molar-refractivity contribution is 6.41. The van der Waals surface area contributed by atoms with E-state index in [1.54, 1.807) is 0 Å². The zero-order chi connectivity index (χ0) is 9.72. The van der Waals surface area contributed by atoms with Gasteiger partial charge >= 0.3 is 11.9 Å². The van der Waals surface area contributed by atoms with E-state index in [-0.39, 0.29) is 0 Å². The van der Waals surface area contributed by atoms with E-state index in [2.05, 4.69) is 0 Å². The molecule has 6 heteroatoms. The molecule has 0 aromatic carbocycles. The van der Waals surface area contributed by atoms with Crippen LogP contribution in [0, 0.1) is 0 Å². The summed E-state index contributed by atoms with van der Waals surface area (Å²) in [6.07, 6.45) is 1.10. The molecule has 0 rings (SSSR count). The van der Waals surface area contributed by atoms with Crippen molar-refractivity contribution in [3.63, 3.8) is 0 Å². The molecule has 0 aromatic heterocycles. The Morgan fingerprint density at radius 1 is 1.17 bits per heavy atom. The van der Waals surface area contributed by atoms with Gasteiger partial charge in [-0.3, -0.25) is 0 Å². The van der Waals surface area contributed by atoms with E-state index in [0.717, 1.165) is 0 Å². The SMILES string of the molecule is O=C(O)/C(F)=C\C=C(\Cl)C(=O)O. The fraction of sp³-hybridized carbons (Fsp3) is 0. The molecule has 0 aliphatic rings. The van der Waals surface area contributed by atoms with Crippen LogP contribution in [-0.4, -0.2) is 22.2 Å². The topological polar surface area (TPSA) is 74.6 Å². The summed E-state index contributed by atoms with van der Waals surface area (Å²) in [4.78, 5) is 19.8. The van der Waals surface area contributed by atoms with Gasteiger partial charge in [-0.2, -0.15) is 4.39 Å². The first-order chi connectivity index (χ1) is 5.45. The Bertz CT molecular complexity index is 241. The number of carboxylic acids is 2. The number of aliphatic carboxylic acids is 2. The first kappa shape index (κ1) is 10.6. The Kier molecular flexibility index (Phi) is 3.99. The van der Waals surface area contributed by atoms with E-state index < -0.39 is 22.8 Å². The van der Waals surface area contributed by atoms with Crippen LogP contribution in [-0.2, 0) is 9.59 Å². The van der Waals surface area contributed by atoms with Crippen molar-refractivity contribution in [2.45, 2.75) is 0 Å². The summed E-state index contributed by atoms with van der Waals surface area (Å²) in [6.45, 7) is 0. The van der Waals surface area contributed by atoms with Gasteiger partial charge in [-0.1, -0.05) is 11.6 Å². The fourth-order valence-electron chi connectivity index (χ4n) is 0.289. The quantitative estimate of drug-likeness (QED) is 0.522. The molecule has 0 radical (unpaired) electrons. The van der Waals surface area contributed by atoms with E-state index in [4.69, 9.17) is 21.8 Å². The molecule has 0 saturated heterocycles. The Balaban J connectivity index is 4.48. The first-order valence-electron chi connectivity index (χ1n) is 2.64. The van der Waals surface area contributed by atoms with Crippen LogP contribution >= 0.6 is 11.6 Å². The third-order valence-corrected chi connectivity index (χ3v) is 1.07. The van der Waals surface area contributed by atoms with Crippen LogP contribution in [0.1, 0.15) is 0 Å². The molecule has 0 bridgehead atoms. The van der Waals surface area contributed by atoms with E-state index in [0.29, 0.717) is 12.2 Å². The zero-order valence-electron chi connectivity index (χ0n) is 5.62. The molecule has 2 N–H and O–H groups in total. The van der Waals surface area contributed by atoms with Crippen LogP contribution in [0.4, 0.5) is 4.39 Å². The van der Waals surface area contributed by atoms with Gasteiger partial charge in [0.1, 0.15) is 5.03 Å². The number of allylic oxidation sites excluding steroid dienone is 2. The second-order valence-corrected chi connectivity index (χ2v) is 2.05. The number of rotatable bonds is 3. The highest BCUT2D eigenvalue weighted by Crippen LogP contribution is 2.04. The molecule has 0 aliphatic carbocycles. The number of hydrogen-bond acceptors (Lipinski definition) is 2. The lowest BCUT2D eigenvalue weighted by atomic mass is 10.4. The molecule has 0 aliphatic heterocycles. The fourth-order valence-corrected chi connectivity index (χ4v) is 0.352. The molecule has 66 valence electrons. The molecule has 0 heterocycles. The maximum absolute atomic E-state index is 12.1. The maximum Gasteiger partial charge on any atom is 0.364 e. The van der Waals surface area contributed by atoms with Crippen molar-refractivity contribution in [3.8, 4) is 0 Å². The maximum atomic E-state index is 12.1. The molecule has 0 atom stereocenters. The lowest BCUT2D eigenvalue weighted by Crippen LogP contribution is -1.95. The summed E-state index contributed by atoms with van der Waals surface area (Å²) in [7, 11) is 0. The van der Waals surface area contributed by atoms with E-state index in [9.17, 15) is 14.0 Å². The monoisotopic (exact) mass is 194 g/mol. The van der Waals surface area contributed by atoms with Gasteiger partial charge in [0.25, 0.3) is 0 Å². The summed E-state index contributed by atoms with van der Waals surface area (Å²) in [6, 6.07) is 0. The summed E-state index contributed by atoms with van der Waals surface area (Å²) in [5.41, 5.74) is 0. The van der Waals surface area contributed by atoms with Crippen molar-refractivity contribution >= 4 is 23.5 Å². The van der Waals surface area contributed by atoms with Crippen molar-refractivity contribution < 1.29 is 24.2 Å². The van der Waals surface area contributed by atoms with Crippen LogP contribution in [0.3, 0.4) is 0 Å². The second kappa shape index (κ2) is 4.50. The number of carbonyl (C=O) groups is 2. The van der Waals surface area contributed by atoms with Gasteiger partial charge in [0.2, 0.25) is 5.83 Å². The Hall–Kier alpha value is -1.36. The molecular weight excluding hydrogens is 191 g/mol. The van der Waals surface area contributed by atoms with Crippen LogP contribution in [0.2, 0.25) is 0 Å². The summed E-state index contributed by atoms with van der Waals surface area (Å²) in [5.74, 6) is -4.71. The molecule has 0 fully saturated rings. The predicted molar refractivity (Wildman–Crippen MR) is 38.4 cm³/mol. The Morgan fingerprint density at radius 3 is 2.00 bits per heavy atom. The number of halogens is 2. The van der Waals surface area contributed by atoms with Gasteiger partial charge in [-0.05, 0) is 12.2 Å². The van der Waals surface area contributed by atoms with E-state index in [1.807, 2.05) is 0 Å². The largest absolute Gasteiger partial charge is 0.477 e. The van der Waals surface area contributed by atoms with Crippen molar-refractivity contribution in [1.29, 1.82) is 0 Å². The summed E-state index contributed by atoms with van der Waals surface area (Å²) < 4.78 is 12.1. The Labute approximate surface area is 71.6 Å². The Morgan fingerprint density at radius 2 is 1.67 bits per heavy atom. The molecule has 0 unspecified atom stereocenters. The van der Waals surface area contributed by atoms with Crippen molar-refractivity contribution in [2.75, 3.05) is 0 Å². The molecule has 0 amide bonds. The average molecular weight is 195 g/mol. The van der Waals surface area contributed by atoms with Crippen LogP contribution in [0.15, 0.2) is 23.0 Å². The van der Waals surface area contributed by atoms with Gasteiger partial charge in [0, 0.05) is 0 Å². The third-order valence-electron chi connectivity index (χ3n) is 0.785. The van der Waals surface area contributed by atoms with Crippen LogP contribution in [0.25, 0.3) is 0 Å². The zero-order valence-corrected chi connectivity index (χ0v) is 6.38. The van der Waals surface area contributed by atoms with Crippen molar-refractivity contribution in [2.24, 2.45) is 0 Å². The second-order valence-electron chi connectivity index (χ2n) is 1.64. The lowest BCUT2D eigenvalue weighted by molar-refractivity contribution is -0.134. The minimum atomic E-state index is -1.78. The van der Waals surface area contributed by atoms with Gasteiger partial charge in [0.05, 0.1) is 0 Å². The molecule has 0 saturated carbocycles. The van der Waals surface area contributed by atoms with Crippen LogP contribution in [0.5, 0.6) is 0 Å². The smallest absolute Gasteiger partial charge is 0.364 e. The van der Waals surface area contributed by atoms with Gasteiger partial charge in [0.15, 0.2) is 0 Å². The van der Waals surface area contributed by atoms with Crippen molar-refractivity contribution in [3.05, 3.63) is 23.0 Å². The number of hydrogen-bond donors (Lipinski definition) is 2. The van der Waals surface area contributed by atoms with E-state index >= 15 is 0 Å². The van der Waals surface area contributed by atoms with Gasteiger partial charge in [-0.15, -0.1) is 0 Å². The minimum absolute atomic E-state index is 0.457. The first-order valence-corrected chi connectivity index (χ1v) is 3.02. The molecule has 0 spiro atoms. The molecule has 12 heavy (non-hydrogen) atoms. The van der Waals surface area contributed by atoms with Crippen LogP contribution < -0.4 is 0 Å². The van der Waals surface area contributed by atoms with E-state index in [1.165, 1.54) is 0 Å². The average Bonchev–Trinajstić information content (AvgIpc) is 1.98. The summed E-state index contributed by atoms with van der Waals surface area (Å²) >= 11 is 5.02. The highest BCUT2D eigenvalue weighted by atomic mass is 35.5. The predicted octanol–water partition coefficient (Wildman–Crippen LogP) is 1.13. The van der Waals surface area contributed by atoms with Gasteiger partial charge in [-0.25, -0.2) is 9.59 Å². The lowest BCUT2D eigenvalue weighted by Gasteiger charge is -1.86. The number of carboxylic acid groups (broad SMARTS) is 2. The van der Waals surface area contributed by atoms with Crippen molar-refractivity contribution in [1.82, 2.24) is 0 Å². The summed E-state index contributed by atoms with van der Waals surface area (Å²) in [5, 5.41) is 15.4. The molecule has 0 aromatic rings. The highest BCUT2D eigenvalue weighted by Gasteiger charge is 2.05. The standard InChI is InChI=1S/C6H4ClFO4/c7-3(5(9)10)1-2-4(8)6(11)12/h1-2H,(H,9,10)(H,11,12)/b3-1+,4-2+. The van der Waals surface area contributed by atoms with Gasteiger partial charge < -0.3 is 10.2 Å². The molecule has 4 nitrogen and oxygen atoms in total.